The number of carboxylic acids is 1. The standard InChI is InChI=1S/C11H11BrFNO4/c1-11(18,10(16)17)5-14-9(15)6-2-3-7(12)8(13)4-6/h2-4,18H,5H2,1H3,(H,14,15)(H,16,17). The number of carbonyl (C=O) groups is 2. The number of benzene rings is 1. The van der Waals surface area contributed by atoms with E-state index in [0.717, 1.165) is 13.0 Å². The van der Waals surface area contributed by atoms with Gasteiger partial charge in [-0.1, -0.05) is 0 Å². The molecule has 98 valence electrons. The van der Waals surface area contributed by atoms with Gasteiger partial charge in [0.25, 0.3) is 5.91 Å². The summed E-state index contributed by atoms with van der Waals surface area (Å²) in [5, 5.41) is 20.2. The van der Waals surface area contributed by atoms with E-state index in [1.807, 2.05) is 0 Å². The van der Waals surface area contributed by atoms with E-state index in [-0.39, 0.29) is 10.0 Å². The lowest BCUT2D eigenvalue weighted by Crippen LogP contribution is -2.46. The maximum absolute atomic E-state index is 13.2. The molecule has 1 aromatic carbocycles. The molecule has 7 heteroatoms. The van der Waals surface area contributed by atoms with Crippen LogP contribution in [-0.4, -0.2) is 34.2 Å². The molecule has 0 radical (unpaired) electrons. The van der Waals surface area contributed by atoms with Crippen molar-refractivity contribution in [3.63, 3.8) is 0 Å². The van der Waals surface area contributed by atoms with Crippen LogP contribution >= 0.6 is 15.9 Å². The number of hydrogen-bond acceptors (Lipinski definition) is 3. The predicted molar refractivity (Wildman–Crippen MR) is 64.7 cm³/mol. The fourth-order valence-electron chi connectivity index (χ4n) is 1.07. The van der Waals surface area contributed by atoms with Gasteiger partial charge in [0.2, 0.25) is 0 Å². The summed E-state index contributed by atoms with van der Waals surface area (Å²) >= 11 is 2.94. The topological polar surface area (TPSA) is 86.6 Å². The molecule has 0 aliphatic rings. The molecule has 0 heterocycles. The van der Waals surface area contributed by atoms with Crippen molar-refractivity contribution in [3.05, 3.63) is 34.1 Å². The molecule has 0 saturated carbocycles. The number of amides is 1. The molecule has 0 aliphatic carbocycles. The summed E-state index contributed by atoms with van der Waals surface area (Å²) in [4.78, 5) is 22.2. The van der Waals surface area contributed by atoms with Crippen LogP contribution in [0.25, 0.3) is 0 Å². The molecule has 0 saturated heterocycles. The zero-order valence-corrected chi connectivity index (χ0v) is 11.0. The molecule has 0 fully saturated rings. The third-order valence-corrected chi connectivity index (χ3v) is 2.88. The van der Waals surface area contributed by atoms with E-state index in [1.165, 1.54) is 12.1 Å². The number of carbonyl (C=O) groups excluding carboxylic acids is 1. The van der Waals surface area contributed by atoms with Crippen LogP contribution in [0, 0.1) is 5.82 Å². The van der Waals surface area contributed by atoms with Crippen molar-refractivity contribution in [2.45, 2.75) is 12.5 Å². The maximum atomic E-state index is 13.2. The Bertz CT molecular complexity index is 490. The third kappa shape index (κ3) is 3.51. The van der Waals surface area contributed by atoms with Gasteiger partial charge in [0.1, 0.15) is 5.82 Å². The van der Waals surface area contributed by atoms with Gasteiger partial charge in [0.05, 0.1) is 11.0 Å². The lowest BCUT2D eigenvalue weighted by molar-refractivity contribution is -0.155. The first-order valence-electron chi connectivity index (χ1n) is 4.93. The van der Waals surface area contributed by atoms with Gasteiger partial charge in [-0.15, -0.1) is 0 Å². The first-order chi connectivity index (χ1) is 8.24. The van der Waals surface area contributed by atoms with Crippen molar-refractivity contribution >= 4 is 27.8 Å². The summed E-state index contributed by atoms with van der Waals surface area (Å²) < 4.78 is 13.4. The van der Waals surface area contributed by atoms with Crippen LogP contribution in [0.5, 0.6) is 0 Å². The van der Waals surface area contributed by atoms with E-state index in [4.69, 9.17) is 5.11 Å². The minimum absolute atomic E-state index is 0.0388. The summed E-state index contributed by atoms with van der Waals surface area (Å²) in [5.74, 6) is -2.72. The first-order valence-corrected chi connectivity index (χ1v) is 5.72. The highest BCUT2D eigenvalue weighted by atomic mass is 79.9. The van der Waals surface area contributed by atoms with Crippen LogP contribution in [0.2, 0.25) is 0 Å². The van der Waals surface area contributed by atoms with Crippen molar-refractivity contribution in [1.82, 2.24) is 5.32 Å². The van der Waals surface area contributed by atoms with E-state index in [9.17, 15) is 19.1 Å². The van der Waals surface area contributed by atoms with E-state index in [2.05, 4.69) is 21.2 Å². The first kappa shape index (κ1) is 14.6. The van der Waals surface area contributed by atoms with Gasteiger partial charge in [0, 0.05) is 5.56 Å². The average molecular weight is 320 g/mol. The Balaban J connectivity index is 2.72. The van der Waals surface area contributed by atoms with Crippen LogP contribution in [0.3, 0.4) is 0 Å². The summed E-state index contributed by atoms with van der Waals surface area (Å²) in [6.07, 6.45) is 0. The van der Waals surface area contributed by atoms with Crippen molar-refractivity contribution in [2.75, 3.05) is 6.54 Å². The molecule has 1 amide bonds. The normalized spacial score (nSPS) is 13.8. The molecule has 18 heavy (non-hydrogen) atoms. The van der Waals surface area contributed by atoms with E-state index < -0.39 is 29.8 Å². The Morgan fingerprint density at radius 3 is 2.61 bits per heavy atom. The molecule has 0 aromatic heterocycles. The van der Waals surface area contributed by atoms with E-state index in [0.29, 0.717) is 0 Å². The predicted octanol–water partition coefficient (Wildman–Crippen LogP) is 1.15. The van der Waals surface area contributed by atoms with Crippen molar-refractivity contribution < 1.29 is 24.2 Å². The number of halogens is 2. The van der Waals surface area contributed by atoms with Crippen LogP contribution in [0.4, 0.5) is 4.39 Å². The van der Waals surface area contributed by atoms with Crippen molar-refractivity contribution in [3.8, 4) is 0 Å². The highest BCUT2D eigenvalue weighted by molar-refractivity contribution is 9.10. The largest absolute Gasteiger partial charge is 0.479 e. The number of aliphatic hydroxyl groups is 1. The quantitative estimate of drug-likeness (QED) is 0.777. The zero-order valence-electron chi connectivity index (χ0n) is 9.41. The fraction of sp³-hybridized carbons (Fsp3) is 0.273. The zero-order chi connectivity index (χ0) is 13.9. The Labute approximate surface area is 111 Å². The van der Waals surface area contributed by atoms with Crippen LogP contribution < -0.4 is 5.32 Å². The average Bonchev–Trinajstić information content (AvgIpc) is 2.29. The van der Waals surface area contributed by atoms with Crippen LogP contribution in [0.1, 0.15) is 17.3 Å². The lowest BCUT2D eigenvalue weighted by atomic mass is 10.1. The Morgan fingerprint density at radius 2 is 2.11 bits per heavy atom. The highest BCUT2D eigenvalue weighted by Gasteiger charge is 2.30. The van der Waals surface area contributed by atoms with Gasteiger partial charge in [-0.05, 0) is 41.1 Å². The summed E-state index contributed by atoms with van der Waals surface area (Å²) in [6, 6.07) is 3.74. The summed E-state index contributed by atoms with van der Waals surface area (Å²) in [5.41, 5.74) is -2.03. The van der Waals surface area contributed by atoms with Gasteiger partial charge in [-0.3, -0.25) is 4.79 Å². The van der Waals surface area contributed by atoms with Gasteiger partial charge >= 0.3 is 5.97 Å². The Morgan fingerprint density at radius 1 is 1.50 bits per heavy atom. The lowest BCUT2D eigenvalue weighted by Gasteiger charge is -2.18. The molecule has 0 bridgehead atoms. The molecule has 5 nitrogen and oxygen atoms in total. The van der Waals surface area contributed by atoms with Gasteiger partial charge in [-0.2, -0.15) is 0 Å². The van der Waals surface area contributed by atoms with Gasteiger partial charge in [0.15, 0.2) is 5.60 Å². The Hall–Kier alpha value is -1.47. The number of carboxylic acid groups (broad SMARTS) is 1. The number of hydrogen-bond donors (Lipinski definition) is 3. The SMILES string of the molecule is CC(O)(CNC(=O)c1ccc(Br)c(F)c1)C(=O)O. The summed E-state index contributed by atoms with van der Waals surface area (Å²) in [6.45, 7) is 0.580. The molecular formula is C11H11BrFNO4. The monoisotopic (exact) mass is 319 g/mol. The highest BCUT2D eigenvalue weighted by Crippen LogP contribution is 2.16. The molecule has 1 unspecified atom stereocenters. The second-order valence-electron chi connectivity index (χ2n) is 3.89. The van der Waals surface area contributed by atoms with Crippen LogP contribution in [-0.2, 0) is 4.79 Å². The molecule has 0 aliphatic heterocycles. The minimum atomic E-state index is -2.07. The smallest absolute Gasteiger partial charge is 0.337 e. The molecule has 1 rings (SSSR count). The molecule has 1 atom stereocenters. The van der Waals surface area contributed by atoms with E-state index in [1.54, 1.807) is 0 Å². The van der Waals surface area contributed by atoms with Gasteiger partial charge in [-0.25, -0.2) is 9.18 Å². The van der Waals surface area contributed by atoms with Gasteiger partial charge < -0.3 is 15.5 Å². The molecule has 3 N–H and O–H groups in total. The second kappa shape index (κ2) is 5.45. The minimum Gasteiger partial charge on any atom is -0.479 e. The maximum Gasteiger partial charge on any atom is 0.337 e. The second-order valence-corrected chi connectivity index (χ2v) is 4.74. The third-order valence-electron chi connectivity index (χ3n) is 2.24. The molecular weight excluding hydrogens is 309 g/mol. The van der Waals surface area contributed by atoms with Crippen LogP contribution in [0.15, 0.2) is 22.7 Å². The Kier molecular flexibility index (Phi) is 4.42. The van der Waals surface area contributed by atoms with Crippen molar-refractivity contribution in [1.29, 1.82) is 0 Å². The number of nitrogens with one attached hydrogen (secondary N) is 1. The molecule has 0 spiro atoms. The fourth-order valence-corrected chi connectivity index (χ4v) is 1.31. The van der Waals surface area contributed by atoms with Crippen molar-refractivity contribution in [2.24, 2.45) is 0 Å². The number of rotatable bonds is 4. The number of aliphatic carboxylic acids is 1. The van der Waals surface area contributed by atoms with E-state index >= 15 is 0 Å². The molecule has 1 aromatic rings. The summed E-state index contributed by atoms with van der Waals surface area (Å²) in [7, 11) is 0.